The molecule has 6 nitrogen and oxygen atoms in total. The van der Waals surface area contributed by atoms with E-state index in [1.165, 1.54) is 7.11 Å². The van der Waals surface area contributed by atoms with Crippen molar-refractivity contribution in [1.29, 1.82) is 0 Å². The molecule has 2 N–H and O–H groups in total. The van der Waals surface area contributed by atoms with E-state index in [2.05, 4.69) is 10.6 Å². The maximum absolute atomic E-state index is 12.6. The van der Waals surface area contributed by atoms with Crippen molar-refractivity contribution in [3.05, 3.63) is 53.1 Å². The highest BCUT2D eigenvalue weighted by atomic mass is 35.5. The molecule has 0 fully saturated rings. The number of amides is 2. The first-order valence-corrected chi connectivity index (χ1v) is 9.45. The molecule has 1 atom stereocenters. The molecule has 2 rings (SSSR count). The summed E-state index contributed by atoms with van der Waals surface area (Å²) in [5.74, 6) is 0.0785. The van der Waals surface area contributed by atoms with Gasteiger partial charge in [-0.15, -0.1) is 0 Å². The second-order valence-electron chi connectivity index (χ2n) is 6.48. The van der Waals surface area contributed by atoms with Crippen molar-refractivity contribution < 1.29 is 14.3 Å². The van der Waals surface area contributed by atoms with Gasteiger partial charge < -0.3 is 15.4 Å². The third-order valence-electron chi connectivity index (χ3n) is 4.53. The number of ether oxygens (including phenoxy) is 1. The Bertz CT molecular complexity index is 841. The lowest BCUT2D eigenvalue weighted by molar-refractivity contribution is -0.122. The van der Waals surface area contributed by atoms with E-state index in [0.717, 1.165) is 17.7 Å². The zero-order chi connectivity index (χ0) is 20.7. The van der Waals surface area contributed by atoms with E-state index in [1.807, 2.05) is 31.2 Å². The summed E-state index contributed by atoms with van der Waals surface area (Å²) >= 11 is 6.00. The van der Waals surface area contributed by atoms with Gasteiger partial charge >= 0.3 is 0 Å². The predicted octanol–water partition coefficient (Wildman–Crippen LogP) is 3.81. The third kappa shape index (κ3) is 5.71. The molecular formula is C21H26ClN3O3. The number of anilines is 2. The van der Waals surface area contributed by atoms with E-state index in [-0.39, 0.29) is 18.4 Å². The molecule has 0 saturated heterocycles. The van der Waals surface area contributed by atoms with Gasteiger partial charge in [-0.3, -0.25) is 14.5 Å². The lowest BCUT2D eigenvalue weighted by Gasteiger charge is -2.24. The summed E-state index contributed by atoms with van der Waals surface area (Å²) in [4.78, 5) is 26.7. The SMILES string of the molecule is CCc1ccccc1NC(=O)CN(C)[C@@H](C)C(=O)Nc1cc(Cl)ccc1OC. The van der Waals surface area contributed by atoms with Crippen LogP contribution in [-0.4, -0.2) is 43.5 Å². The standard InChI is InChI=1S/C21H26ClN3O3/c1-5-15-8-6-7-9-17(15)23-20(26)13-25(3)14(2)21(27)24-18-12-16(22)10-11-19(18)28-4/h6-12,14H,5,13H2,1-4H3,(H,23,26)(H,24,27)/t14-/m0/s1. The van der Waals surface area contributed by atoms with Gasteiger partial charge in [0.05, 0.1) is 25.4 Å². The van der Waals surface area contributed by atoms with Crippen molar-refractivity contribution in [2.24, 2.45) is 0 Å². The minimum absolute atomic E-state index is 0.0827. The topological polar surface area (TPSA) is 70.7 Å². The highest BCUT2D eigenvalue weighted by Gasteiger charge is 2.21. The summed E-state index contributed by atoms with van der Waals surface area (Å²) in [6, 6.07) is 12.1. The fourth-order valence-electron chi connectivity index (χ4n) is 2.72. The first-order chi connectivity index (χ1) is 13.3. The number of rotatable bonds is 8. The number of hydrogen-bond donors (Lipinski definition) is 2. The van der Waals surface area contributed by atoms with Crippen molar-refractivity contribution in [3.63, 3.8) is 0 Å². The van der Waals surface area contributed by atoms with Gasteiger partial charge in [-0.1, -0.05) is 36.7 Å². The number of nitrogens with zero attached hydrogens (tertiary/aromatic N) is 1. The Morgan fingerprint density at radius 1 is 1.14 bits per heavy atom. The van der Waals surface area contributed by atoms with Gasteiger partial charge in [0.15, 0.2) is 0 Å². The molecule has 7 heteroatoms. The number of para-hydroxylation sites is 1. The zero-order valence-corrected chi connectivity index (χ0v) is 17.3. The number of aryl methyl sites for hydroxylation is 1. The predicted molar refractivity (Wildman–Crippen MR) is 113 cm³/mol. The second kappa shape index (κ2) is 10.1. The first kappa shape index (κ1) is 21.7. The second-order valence-corrected chi connectivity index (χ2v) is 6.92. The number of carbonyl (C=O) groups is 2. The molecule has 2 aromatic rings. The molecule has 2 amide bonds. The minimum atomic E-state index is -0.532. The van der Waals surface area contributed by atoms with Crippen molar-refractivity contribution in [2.45, 2.75) is 26.3 Å². The van der Waals surface area contributed by atoms with E-state index < -0.39 is 6.04 Å². The molecular weight excluding hydrogens is 378 g/mol. The van der Waals surface area contributed by atoms with E-state index in [4.69, 9.17) is 16.3 Å². The van der Waals surface area contributed by atoms with E-state index >= 15 is 0 Å². The molecule has 0 saturated carbocycles. The van der Waals surface area contributed by atoms with Crippen LogP contribution in [0.15, 0.2) is 42.5 Å². The fourth-order valence-corrected chi connectivity index (χ4v) is 2.89. The summed E-state index contributed by atoms with van der Waals surface area (Å²) in [6.07, 6.45) is 0.826. The average Bonchev–Trinajstić information content (AvgIpc) is 2.67. The van der Waals surface area contributed by atoms with Crippen LogP contribution in [-0.2, 0) is 16.0 Å². The molecule has 0 radical (unpaired) electrons. The molecule has 0 aliphatic carbocycles. The van der Waals surface area contributed by atoms with Gasteiger partial charge in [0, 0.05) is 10.7 Å². The number of methoxy groups -OCH3 is 1. The Kier molecular flexibility index (Phi) is 7.84. The molecule has 0 bridgehead atoms. The van der Waals surface area contributed by atoms with Crippen molar-refractivity contribution >= 4 is 34.8 Å². The van der Waals surface area contributed by atoms with Crippen LogP contribution in [0.25, 0.3) is 0 Å². The Labute approximate surface area is 170 Å². The van der Waals surface area contributed by atoms with Gasteiger partial charge in [0.2, 0.25) is 11.8 Å². The average molecular weight is 404 g/mol. The first-order valence-electron chi connectivity index (χ1n) is 9.08. The maximum atomic E-state index is 12.6. The van der Waals surface area contributed by atoms with Crippen LogP contribution in [0, 0.1) is 0 Å². The van der Waals surface area contributed by atoms with Crippen LogP contribution in [0.4, 0.5) is 11.4 Å². The van der Waals surface area contributed by atoms with Crippen molar-refractivity contribution in [1.82, 2.24) is 4.90 Å². The third-order valence-corrected chi connectivity index (χ3v) is 4.76. The van der Waals surface area contributed by atoms with E-state index in [1.54, 1.807) is 37.1 Å². The van der Waals surface area contributed by atoms with Gasteiger partial charge in [0.1, 0.15) is 5.75 Å². The highest BCUT2D eigenvalue weighted by Crippen LogP contribution is 2.27. The molecule has 0 heterocycles. The van der Waals surface area contributed by atoms with E-state index in [9.17, 15) is 9.59 Å². The smallest absolute Gasteiger partial charge is 0.241 e. The van der Waals surface area contributed by atoms with Crippen LogP contribution >= 0.6 is 11.6 Å². The molecule has 150 valence electrons. The Hall–Kier alpha value is -2.57. The van der Waals surface area contributed by atoms with Gasteiger partial charge in [-0.25, -0.2) is 0 Å². The lowest BCUT2D eigenvalue weighted by atomic mass is 10.1. The maximum Gasteiger partial charge on any atom is 0.241 e. The van der Waals surface area contributed by atoms with Crippen LogP contribution in [0.3, 0.4) is 0 Å². The normalized spacial score (nSPS) is 11.8. The van der Waals surface area contributed by atoms with Crippen LogP contribution in [0.2, 0.25) is 5.02 Å². The molecule has 0 spiro atoms. The van der Waals surface area contributed by atoms with Gasteiger partial charge in [-0.2, -0.15) is 0 Å². The zero-order valence-electron chi connectivity index (χ0n) is 16.6. The number of carbonyl (C=O) groups excluding carboxylic acids is 2. The summed E-state index contributed by atoms with van der Waals surface area (Å²) in [5.41, 5.74) is 2.35. The number of halogens is 1. The number of nitrogens with one attached hydrogen (secondary N) is 2. The lowest BCUT2D eigenvalue weighted by Crippen LogP contribution is -2.43. The van der Waals surface area contributed by atoms with Crippen LogP contribution < -0.4 is 15.4 Å². The Balaban J connectivity index is 1.98. The van der Waals surface area contributed by atoms with Crippen LogP contribution in [0.1, 0.15) is 19.4 Å². The van der Waals surface area contributed by atoms with Crippen LogP contribution in [0.5, 0.6) is 5.75 Å². The molecule has 0 aliphatic rings. The number of hydrogen-bond acceptors (Lipinski definition) is 4. The largest absolute Gasteiger partial charge is 0.495 e. The minimum Gasteiger partial charge on any atom is -0.495 e. The summed E-state index contributed by atoms with van der Waals surface area (Å²) in [6.45, 7) is 3.85. The number of benzene rings is 2. The monoisotopic (exact) mass is 403 g/mol. The summed E-state index contributed by atoms with van der Waals surface area (Å²) < 4.78 is 5.24. The Morgan fingerprint density at radius 3 is 2.54 bits per heavy atom. The molecule has 0 aliphatic heterocycles. The molecule has 28 heavy (non-hydrogen) atoms. The van der Waals surface area contributed by atoms with Gasteiger partial charge in [-0.05, 0) is 50.2 Å². The van der Waals surface area contributed by atoms with Crippen molar-refractivity contribution in [2.75, 3.05) is 31.3 Å². The Morgan fingerprint density at radius 2 is 1.86 bits per heavy atom. The van der Waals surface area contributed by atoms with Crippen molar-refractivity contribution in [3.8, 4) is 5.75 Å². The highest BCUT2D eigenvalue weighted by molar-refractivity contribution is 6.31. The molecule has 0 unspecified atom stereocenters. The number of likely N-dealkylation sites (N-methyl/N-ethyl adjacent to an activating group) is 1. The van der Waals surface area contributed by atoms with Gasteiger partial charge in [0.25, 0.3) is 0 Å². The summed E-state index contributed by atoms with van der Waals surface area (Å²) in [5, 5.41) is 6.21. The quantitative estimate of drug-likeness (QED) is 0.703. The fraction of sp³-hybridized carbons (Fsp3) is 0.333. The summed E-state index contributed by atoms with van der Waals surface area (Å²) in [7, 11) is 3.25. The molecule has 2 aromatic carbocycles. The van der Waals surface area contributed by atoms with E-state index in [0.29, 0.717) is 16.5 Å². The molecule has 0 aromatic heterocycles.